The quantitative estimate of drug-likeness (QED) is 0.389. The largest absolute Gasteiger partial charge is 0.332 e. The Bertz CT molecular complexity index is 1070. The molecule has 3 amide bonds. The Balaban J connectivity index is 1.46. The number of amides is 3. The van der Waals surface area contributed by atoms with Crippen LogP contribution in [-0.2, 0) is 17.9 Å². The van der Waals surface area contributed by atoms with Crippen molar-refractivity contribution in [3.63, 3.8) is 0 Å². The van der Waals surface area contributed by atoms with Gasteiger partial charge in [-0.2, -0.15) is 0 Å². The van der Waals surface area contributed by atoms with Gasteiger partial charge in [0, 0.05) is 28.0 Å². The molecule has 1 N–H and O–H groups in total. The van der Waals surface area contributed by atoms with Gasteiger partial charge in [0.05, 0.1) is 6.54 Å². The predicted molar refractivity (Wildman–Crippen MR) is 132 cm³/mol. The molecule has 4 rings (SSSR count). The number of nitrogens with zero attached hydrogens (tertiary/aromatic N) is 2. The van der Waals surface area contributed by atoms with Crippen LogP contribution in [0.15, 0.2) is 70.9 Å². The van der Waals surface area contributed by atoms with Crippen molar-refractivity contribution >= 4 is 40.7 Å². The van der Waals surface area contributed by atoms with Gasteiger partial charge in [-0.25, -0.2) is 9.18 Å². The third kappa shape index (κ3) is 6.58. The molecule has 1 aliphatic carbocycles. The van der Waals surface area contributed by atoms with Gasteiger partial charge in [0.25, 0.3) is 0 Å². The smallest absolute Gasteiger partial charge is 0.322 e. The first-order valence-corrected chi connectivity index (χ1v) is 12.9. The van der Waals surface area contributed by atoms with Crippen LogP contribution in [0.2, 0.25) is 0 Å². The molecule has 33 heavy (non-hydrogen) atoms. The highest BCUT2D eigenvalue weighted by molar-refractivity contribution is 7.98. The minimum absolute atomic E-state index is 0.00592. The first-order chi connectivity index (χ1) is 16.0. The van der Waals surface area contributed by atoms with Crippen LogP contribution in [0.1, 0.15) is 23.3 Å². The van der Waals surface area contributed by atoms with Gasteiger partial charge in [-0.05, 0) is 72.5 Å². The highest BCUT2D eigenvalue weighted by atomic mass is 32.2. The van der Waals surface area contributed by atoms with Crippen molar-refractivity contribution in [1.29, 1.82) is 0 Å². The zero-order valence-electron chi connectivity index (χ0n) is 18.4. The van der Waals surface area contributed by atoms with E-state index in [1.54, 1.807) is 45.0 Å². The van der Waals surface area contributed by atoms with Crippen LogP contribution < -0.4 is 5.32 Å². The number of thioether (sulfide) groups is 1. The number of rotatable bonds is 9. The summed E-state index contributed by atoms with van der Waals surface area (Å²) in [5.74, 6) is -0.440. The maximum absolute atomic E-state index is 13.4. The van der Waals surface area contributed by atoms with E-state index in [1.807, 2.05) is 48.0 Å². The third-order valence-electron chi connectivity index (χ3n) is 5.46. The average molecular weight is 484 g/mol. The summed E-state index contributed by atoms with van der Waals surface area (Å²) in [6.07, 6.45) is 3.80. The Morgan fingerprint density at radius 1 is 1.06 bits per heavy atom. The van der Waals surface area contributed by atoms with E-state index in [1.165, 1.54) is 12.1 Å². The van der Waals surface area contributed by atoms with E-state index in [-0.39, 0.29) is 30.3 Å². The van der Waals surface area contributed by atoms with Crippen molar-refractivity contribution in [2.24, 2.45) is 0 Å². The van der Waals surface area contributed by atoms with Gasteiger partial charge in [0.1, 0.15) is 12.4 Å². The number of hydrogen-bond acceptors (Lipinski definition) is 4. The second kappa shape index (κ2) is 10.9. The monoisotopic (exact) mass is 483 g/mol. The molecule has 8 heteroatoms. The van der Waals surface area contributed by atoms with Crippen LogP contribution in [0.3, 0.4) is 0 Å². The molecule has 0 spiro atoms. The van der Waals surface area contributed by atoms with Crippen molar-refractivity contribution in [1.82, 2.24) is 9.80 Å². The lowest BCUT2D eigenvalue weighted by Crippen LogP contribution is -2.45. The fraction of sp³-hybridized carbons (Fsp3) is 0.280. The molecule has 0 bridgehead atoms. The fourth-order valence-corrected chi connectivity index (χ4v) is 4.63. The van der Waals surface area contributed by atoms with Gasteiger partial charge in [-0.1, -0.05) is 18.2 Å². The zero-order valence-corrected chi connectivity index (χ0v) is 20.0. The third-order valence-corrected chi connectivity index (χ3v) is 7.07. The summed E-state index contributed by atoms with van der Waals surface area (Å²) in [6.45, 7) is 0.809. The lowest BCUT2D eigenvalue weighted by molar-refractivity contribution is -0.133. The maximum Gasteiger partial charge on any atom is 0.322 e. The molecule has 1 aromatic heterocycles. The molecule has 1 saturated carbocycles. The summed E-state index contributed by atoms with van der Waals surface area (Å²) in [5, 5.41) is 4.90. The average Bonchev–Trinajstić information content (AvgIpc) is 3.53. The van der Waals surface area contributed by atoms with E-state index in [0.29, 0.717) is 18.8 Å². The molecule has 5 nitrogen and oxygen atoms in total. The molecule has 1 heterocycles. The number of thiophene rings is 1. The number of urea groups is 1. The minimum atomic E-state index is -0.308. The summed E-state index contributed by atoms with van der Waals surface area (Å²) in [6, 6.07) is 17.6. The van der Waals surface area contributed by atoms with Crippen molar-refractivity contribution in [2.75, 3.05) is 18.1 Å². The molecule has 0 aliphatic heterocycles. The SMILES string of the molecule is CSc1ccc(NC(=O)N(CC(=O)N(Cc2ccc(F)cc2)Cc2cccs2)C2CC2)cc1. The zero-order chi connectivity index (χ0) is 23.2. The second-order valence-electron chi connectivity index (χ2n) is 7.97. The van der Waals surface area contributed by atoms with Gasteiger partial charge < -0.3 is 15.1 Å². The van der Waals surface area contributed by atoms with E-state index >= 15 is 0 Å². The van der Waals surface area contributed by atoms with Gasteiger partial charge in [0.15, 0.2) is 0 Å². The van der Waals surface area contributed by atoms with E-state index in [4.69, 9.17) is 0 Å². The standard InChI is InChI=1S/C25H26FN3O2S2/c1-32-22-12-8-20(9-13-22)27-25(31)29(21-10-11-21)17-24(30)28(16-23-3-2-14-33-23)15-18-4-6-19(26)7-5-18/h2-9,12-14,21H,10-11,15-17H2,1H3,(H,27,31). The van der Waals surface area contributed by atoms with E-state index in [9.17, 15) is 14.0 Å². The Labute approximate surface area is 201 Å². The van der Waals surface area contributed by atoms with Crippen molar-refractivity contribution in [3.8, 4) is 0 Å². The van der Waals surface area contributed by atoms with Crippen LogP contribution >= 0.6 is 23.1 Å². The van der Waals surface area contributed by atoms with Gasteiger partial charge >= 0.3 is 6.03 Å². The van der Waals surface area contributed by atoms with E-state index in [0.717, 1.165) is 28.2 Å². The number of anilines is 1. The molecule has 3 aromatic rings. The van der Waals surface area contributed by atoms with Gasteiger partial charge in [-0.15, -0.1) is 23.1 Å². The molecule has 1 fully saturated rings. The second-order valence-corrected chi connectivity index (χ2v) is 9.89. The van der Waals surface area contributed by atoms with Crippen LogP contribution in [0.25, 0.3) is 0 Å². The molecule has 0 unspecified atom stereocenters. The predicted octanol–water partition coefficient (Wildman–Crippen LogP) is 5.83. The number of carbonyl (C=O) groups excluding carboxylic acids is 2. The molecule has 0 atom stereocenters. The normalized spacial score (nSPS) is 12.9. The molecular formula is C25H26FN3O2S2. The molecule has 1 aliphatic rings. The topological polar surface area (TPSA) is 52.7 Å². The molecular weight excluding hydrogens is 457 g/mol. The number of carbonyl (C=O) groups is 2. The number of nitrogens with one attached hydrogen (secondary N) is 1. The lowest BCUT2D eigenvalue weighted by Gasteiger charge is -2.28. The summed E-state index contributed by atoms with van der Waals surface area (Å²) >= 11 is 3.22. The Kier molecular flexibility index (Phi) is 7.67. The van der Waals surface area contributed by atoms with Crippen LogP contribution in [0, 0.1) is 5.82 Å². The Morgan fingerprint density at radius 3 is 2.39 bits per heavy atom. The summed E-state index contributed by atoms with van der Waals surface area (Å²) in [7, 11) is 0. The molecule has 0 radical (unpaired) electrons. The van der Waals surface area contributed by atoms with Crippen LogP contribution in [0.4, 0.5) is 14.9 Å². The number of halogens is 1. The van der Waals surface area contributed by atoms with E-state index < -0.39 is 0 Å². The molecule has 0 saturated heterocycles. The highest BCUT2D eigenvalue weighted by Gasteiger charge is 2.35. The van der Waals surface area contributed by atoms with Gasteiger partial charge in [0.2, 0.25) is 5.91 Å². The first kappa shape index (κ1) is 23.3. The number of hydrogen-bond donors (Lipinski definition) is 1. The minimum Gasteiger partial charge on any atom is -0.332 e. The maximum atomic E-state index is 13.4. The van der Waals surface area contributed by atoms with Crippen molar-refractivity contribution in [3.05, 3.63) is 82.3 Å². The van der Waals surface area contributed by atoms with Crippen LogP contribution in [0.5, 0.6) is 0 Å². The van der Waals surface area contributed by atoms with E-state index in [2.05, 4.69) is 5.32 Å². The van der Waals surface area contributed by atoms with Gasteiger partial charge in [-0.3, -0.25) is 4.79 Å². The fourth-order valence-electron chi connectivity index (χ4n) is 3.50. The summed E-state index contributed by atoms with van der Waals surface area (Å²) in [5.41, 5.74) is 1.55. The summed E-state index contributed by atoms with van der Waals surface area (Å²) < 4.78 is 13.3. The Hall–Kier alpha value is -2.84. The molecule has 172 valence electrons. The van der Waals surface area contributed by atoms with Crippen molar-refractivity contribution < 1.29 is 14.0 Å². The van der Waals surface area contributed by atoms with Crippen LogP contribution in [-0.4, -0.2) is 40.6 Å². The first-order valence-electron chi connectivity index (χ1n) is 10.8. The Morgan fingerprint density at radius 2 is 1.79 bits per heavy atom. The number of benzene rings is 2. The lowest BCUT2D eigenvalue weighted by atomic mass is 10.2. The summed E-state index contributed by atoms with van der Waals surface area (Å²) in [4.78, 5) is 31.9. The van der Waals surface area contributed by atoms with Crippen molar-refractivity contribution in [2.45, 2.75) is 36.9 Å². The molecule has 2 aromatic carbocycles. The highest BCUT2D eigenvalue weighted by Crippen LogP contribution is 2.28.